The van der Waals surface area contributed by atoms with E-state index < -0.39 is 6.10 Å². The molecule has 5 aliphatic rings. The van der Waals surface area contributed by atoms with Crippen LogP contribution in [0.4, 0.5) is 0 Å². The molecule has 1 atom stereocenters. The normalized spacial score (nSPS) is 35.7. The summed E-state index contributed by atoms with van der Waals surface area (Å²) in [6.07, 6.45) is 12.3. The van der Waals surface area contributed by atoms with Crippen LogP contribution in [0.15, 0.2) is 11.2 Å². The predicted molar refractivity (Wildman–Crippen MR) is 105 cm³/mol. The van der Waals surface area contributed by atoms with E-state index in [2.05, 4.69) is 9.97 Å². The molecule has 5 aliphatic carbocycles. The number of nitrogens with zero attached hydrogens (tertiary/aromatic N) is 2. The van der Waals surface area contributed by atoms with E-state index in [-0.39, 0.29) is 11.3 Å². The number of ether oxygens (including phenoxy) is 1. The summed E-state index contributed by atoms with van der Waals surface area (Å²) in [4.78, 5) is 21.7. The third-order valence-corrected chi connectivity index (χ3v) is 8.09. The average molecular weight is 388 g/mol. The molecule has 4 bridgehead atoms. The summed E-state index contributed by atoms with van der Waals surface area (Å²) in [5.41, 5.74) is 6.88. The summed E-state index contributed by atoms with van der Waals surface area (Å²) in [5, 5.41) is 0.725. The summed E-state index contributed by atoms with van der Waals surface area (Å²) in [5.74, 6) is 2.97. The number of thioether (sulfide) groups is 1. The van der Waals surface area contributed by atoms with E-state index in [0.717, 1.165) is 47.9 Å². The summed E-state index contributed by atoms with van der Waals surface area (Å²) in [6, 6.07) is 1.96. The Morgan fingerprint density at radius 3 is 2.30 bits per heavy atom. The summed E-state index contributed by atoms with van der Waals surface area (Å²) in [7, 11) is 0. The first-order chi connectivity index (χ1) is 13.0. The van der Waals surface area contributed by atoms with Crippen LogP contribution in [0.25, 0.3) is 0 Å². The minimum absolute atomic E-state index is 0.0817. The summed E-state index contributed by atoms with van der Waals surface area (Å²) < 4.78 is 6.32. The lowest BCUT2D eigenvalue weighted by Crippen LogP contribution is -2.57. The van der Waals surface area contributed by atoms with Crippen molar-refractivity contribution in [3.8, 4) is 5.88 Å². The quantitative estimate of drug-likeness (QED) is 0.591. The second-order valence-electron chi connectivity index (χ2n) is 9.43. The molecule has 0 radical (unpaired) electrons. The fraction of sp³-hybridized carbons (Fsp3) is 0.762. The third kappa shape index (κ3) is 3.14. The Balaban J connectivity index is 1.44. The van der Waals surface area contributed by atoms with Crippen LogP contribution in [0.5, 0.6) is 5.88 Å². The van der Waals surface area contributed by atoms with E-state index in [1.807, 2.05) is 12.3 Å². The zero-order chi connectivity index (χ0) is 18.6. The molecule has 5 saturated carbocycles. The second kappa shape index (κ2) is 6.64. The molecule has 5 nitrogen and oxygen atoms in total. The van der Waals surface area contributed by atoms with E-state index in [1.54, 1.807) is 0 Å². The van der Waals surface area contributed by atoms with Gasteiger partial charge in [0.25, 0.3) is 5.91 Å². The second-order valence-corrected chi connectivity index (χ2v) is 10.2. The first-order valence-corrected chi connectivity index (χ1v) is 11.7. The van der Waals surface area contributed by atoms with Crippen LogP contribution in [0.3, 0.4) is 0 Å². The molecule has 0 aliphatic heterocycles. The Morgan fingerprint density at radius 2 is 1.81 bits per heavy atom. The van der Waals surface area contributed by atoms with Crippen molar-refractivity contribution in [2.24, 2.45) is 28.9 Å². The molecule has 0 aromatic carbocycles. The Bertz CT molecular complexity index is 714. The maximum atomic E-state index is 12.5. The number of carbonyl (C=O) groups excluding carboxylic acids is 1. The van der Waals surface area contributed by atoms with Gasteiger partial charge in [-0.05, 0) is 75.4 Å². The lowest BCUT2D eigenvalue weighted by molar-refractivity contribution is -0.148. The predicted octanol–water partition coefficient (Wildman–Crippen LogP) is 3.92. The van der Waals surface area contributed by atoms with Crippen LogP contribution < -0.4 is 10.5 Å². The van der Waals surface area contributed by atoms with Gasteiger partial charge in [0, 0.05) is 17.4 Å². The average Bonchev–Trinajstić information content (AvgIpc) is 2.56. The van der Waals surface area contributed by atoms with Gasteiger partial charge in [-0.3, -0.25) is 4.79 Å². The summed E-state index contributed by atoms with van der Waals surface area (Å²) in [6.45, 7) is 0. The molecule has 6 heteroatoms. The SMILES string of the molecule is CSc1nc(OC(C(N)=O)C23CC4CC(CC(C4)C2)C3)cc(C2CCC2)n1. The fourth-order valence-corrected chi connectivity index (χ4v) is 6.97. The minimum Gasteiger partial charge on any atom is -0.464 e. The zero-order valence-electron chi connectivity index (χ0n) is 16.0. The molecule has 27 heavy (non-hydrogen) atoms. The number of aromatic nitrogens is 2. The number of amides is 1. The van der Waals surface area contributed by atoms with Crippen LogP contribution >= 0.6 is 11.8 Å². The van der Waals surface area contributed by atoms with Crippen LogP contribution in [0, 0.1) is 23.2 Å². The molecule has 6 rings (SSSR count). The minimum atomic E-state index is -0.565. The van der Waals surface area contributed by atoms with Gasteiger partial charge in [-0.25, -0.2) is 4.98 Å². The Hall–Kier alpha value is -1.30. The number of rotatable bonds is 6. The highest BCUT2D eigenvalue weighted by atomic mass is 32.2. The molecule has 1 aromatic rings. The topological polar surface area (TPSA) is 78.1 Å². The lowest BCUT2D eigenvalue weighted by atomic mass is 9.48. The van der Waals surface area contributed by atoms with Crippen molar-refractivity contribution in [2.45, 2.75) is 75.0 Å². The molecule has 1 aromatic heterocycles. The van der Waals surface area contributed by atoms with Gasteiger partial charge in [-0.1, -0.05) is 18.2 Å². The largest absolute Gasteiger partial charge is 0.464 e. The highest BCUT2D eigenvalue weighted by Crippen LogP contribution is 2.61. The van der Waals surface area contributed by atoms with Crippen molar-refractivity contribution in [2.75, 3.05) is 6.26 Å². The van der Waals surface area contributed by atoms with Gasteiger partial charge < -0.3 is 10.5 Å². The number of nitrogens with two attached hydrogens (primary N) is 1. The third-order valence-electron chi connectivity index (χ3n) is 7.55. The number of hydrogen-bond acceptors (Lipinski definition) is 5. The Labute approximate surface area is 165 Å². The first-order valence-electron chi connectivity index (χ1n) is 10.4. The van der Waals surface area contributed by atoms with Gasteiger partial charge in [-0.15, -0.1) is 0 Å². The van der Waals surface area contributed by atoms with Gasteiger partial charge >= 0.3 is 0 Å². The molecule has 146 valence electrons. The van der Waals surface area contributed by atoms with Gasteiger partial charge in [0.15, 0.2) is 11.3 Å². The molecule has 5 fully saturated rings. The van der Waals surface area contributed by atoms with Crippen molar-refractivity contribution in [1.29, 1.82) is 0 Å². The van der Waals surface area contributed by atoms with Gasteiger partial charge in [0.1, 0.15) is 0 Å². The monoisotopic (exact) mass is 387 g/mol. The zero-order valence-corrected chi connectivity index (χ0v) is 16.8. The standard InChI is InChI=1S/C21H29N3O2S/c1-27-20-23-16(15-3-2-4-15)8-17(24-20)26-18(19(22)25)21-9-12-5-13(10-21)7-14(6-12)11-21/h8,12-15,18H,2-7,9-11H2,1H3,(H2,22,25). The Kier molecular flexibility index (Phi) is 4.37. The van der Waals surface area contributed by atoms with Crippen LogP contribution in [0.2, 0.25) is 0 Å². The van der Waals surface area contributed by atoms with Gasteiger partial charge in [-0.2, -0.15) is 4.98 Å². The lowest BCUT2D eigenvalue weighted by Gasteiger charge is -2.58. The Morgan fingerprint density at radius 1 is 1.19 bits per heavy atom. The van der Waals surface area contributed by atoms with Crippen LogP contribution in [-0.4, -0.2) is 28.2 Å². The van der Waals surface area contributed by atoms with Crippen LogP contribution in [-0.2, 0) is 4.79 Å². The molecular weight excluding hydrogens is 358 g/mol. The molecule has 1 unspecified atom stereocenters. The van der Waals surface area contributed by atoms with Crippen molar-refractivity contribution in [1.82, 2.24) is 9.97 Å². The van der Waals surface area contributed by atoms with Crippen molar-refractivity contribution in [3.05, 3.63) is 11.8 Å². The van der Waals surface area contributed by atoms with E-state index in [0.29, 0.717) is 11.8 Å². The van der Waals surface area contributed by atoms with E-state index in [1.165, 1.54) is 50.3 Å². The van der Waals surface area contributed by atoms with E-state index in [9.17, 15) is 4.79 Å². The number of carbonyl (C=O) groups is 1. The molecule has 1 amide bonds. The highest BCUT2D eigenvalue weighted by molar-refractivity contribution is 7.98. The molecule has 2 N–H and O–H groups in total. The molecule has 0 saturated heterocycles. The summed E-state index contributed by atoms with van der Waals surface area (Å²) >= 11 is 1.53. The van der Waals surface area contributed by atoms with E-state index >= 15 is 0 Å². The maximum absolute atomic E-state index is 12.5. The van der Waals surface area contributed by atoms with Crippen molar-refractivity contribution in [3.63, 3.8) is 0 Å². The number of primary amides is 1. The van der Waals surface area contributed by atoms with Crippen molar-refractivity contribution >= 4 is 17.7 Å². The first kappa shape index (κ1) is 17.8. The maximum Gasteiger partial charge on any atom is 0.259 e. The molecule has 0 spiro atoms. The van der Waals surface area contributed by atoms with E-state index in [4.69, 9.17) is 10.5 Å². The van der Waals surface area contributed by atoms with Crippen LogP contribution in [0.1, 0.15) is 69.4 Å². The highest BCUT2D eigenvalue weighted by Gasteiger charge is 2.56. The smallest absolute Gasteiger partial charge is 0.259 e. The van der Waals surface area contributed by atoms with Crippen molar-refractivity contribution < 1.29 is 9.53 Å². The van der Waals surface area contributed by atoms with Gasteiger partial charge in [0.05, 0.1) is 5.69 Å². The molecular formula is C21H29N3O2S. The van der Waals surface area contributed by atoms with Gasteiger partial charge in [0.2, 0.25) is 5.88 Å². The molecule has 1 heterocycles. The fourth-order valence-electron chi connectivity index (χ4n) is 6.59. The number of hydrogen-bond donors (Lipinski definition) is 1.